The molecule has 0 spiro atoms. The van der Waals surface area contributed by atoms with Gasteiger partial charge in [0, 0.05) is 7.05 Å². The van der Waals surface area contributed by atoms with Gasteiger partial charge in [-0.05, 0) is 11.5 Å². The zero-order valence-corrected chi connectivity index (χ0v) is 11.0. The van der Waals surface area contributed by atoms with Gasteiger partial charge in [0.2, 0.25) is 5.91 Å². The van der Waals surface area contributed by atoms with Gasteiger partial charge in [0.1, 0.15) is 6.04 Å². The molecule has 0 saturated carbocycles. The largest absolute Gasteiger partial charge is 0.480 e. The zero-order valence-electron chi connectivity index (χ0n) is 11.0. The summed E-state index contributed by atoms with van der Waals surface area (Å²) >= 11 is 0. The molecule has 0 bridgehead atoms. The van der Waals surface area contributed by atoms with Crippen molar-refractivity contribution >= 4 is 11.9 Å². The van der Waals surface area contributed by atoms with Crippen molar-refractivity contribution in [3.05, 3.63) is 35.9 Å². The molecule has 1 aromatic carbocycles. The molecule has 0 aromatic heterocycles. The molecule has 1 amide bonds. The second-order valence-electron chi connectivity index (χ2n) is 4.69. The number of aliphatic carboxylic acids is 1. The third kappa shape index (κ3) is 3.58. The smallest absolute Gasteiger partial charge is 0.326 e. The summed E-state index contributed by atoms with van der Waals surface area (Å²) in [4.78, 5) is 24.5. The van der Waals surface area contributed by atoms with Crippen LogP contribution in [0.2, 0.25) is 0 Å². The van der Waals surface area contributed by atoms with Crippen LogP contribution >= 0.6 is 0 Å². The number of hydrogen-bond acceptors (Lipinski definition) is 2. The molecule has 1 aromatic rings. The summed E-state index contributed by atoms with van der Waals surface area (Å²) in [6.07, 6.45) is 0.230. The summed E-state index contributed by atoms with van der Waals surface area (Å²) in [6, 6.07) is 8.54. The van der Waals surface area contributed by atoms with E-state index in [2.05, 4.69) is 0 Å². The average molecular weight is 249 g/mol. The van der Waals surface area contributed by atoms with Crippen LogP contribution in [0.1, 0.15) is 19.4 Å². The maximum absolute atomic E-state index is 12.0. The molecule has 1 N–H and O–H groups in total. The lowest BCUT2D eigenvalue weighted by atomic mass is 10.0. The minimum Gasteiger partial charge on any atom is -0.480 e. The van der Waals surface area contributed by atoms with Gasteiger partial charge in [0.25, 0.3) is 0 Å². The van der Waals surface area contributed by atoms with Crippen LogP contribution in [-0.2, 0) is 16.0 Å². The van der Waals surface area contributed by atoms with Crippen LogP contribution in [0.3, 0.4) is 0 Å². The average Bonchev–Trinajstić information content (AvgIpc) is 2.29. The minimum absolute atomic E-state index is 0.118. The lowest BCUT2D eigenvalue weighted by Crippen LogP contribution is -2.46. The van der Waals surface area contributed by atoms with E-state index in [-0.39, 0.29) is 18.2 Å². The van der Waals surface area contributed by atoms with Crippen molar-refractivity contribution in [2.45, 2.75) is 26.3 Å². The fourth-order valence-corrected chi connectivity index (χ4v) is 1.95. The maximum atomic E-state index is 12.0. The Hall–Kier alpha value is -1.84. The Morgan fingerprint density at radius 3 is 2.22 bits per heavy atom. The highest BCUT2D eigenvalue weighted by atomic mass is 16.4. The molecule has 1 atom stereocenters. The zero-order chi connectivity index (χ0) is 13.7. The molecule has 4 heteroatoms. The molecule has 0 aliphatic rings. The fourth-order valence-electron chi connectivity index (χ4n) is 1.95. The molecule has 0 saturated heterocycles. The highest BCUT2D eigenvalue weighted by Gasteiger charge is 2.29. The predicted octanol–water partition coefficient (Wildman–Crippen LogP) is 1.80. The second kappa shape index (κ2) is 6.19. The van der Waals surface area contributed by atoms with Crippen molar-refractivity contribution in [3.8, 4) is 0 Å². The molecule has 4 nitrogen and oxygen atoms in total. The first-order chi connectivity index (χ1) is 8.43. The Balaban J connectivity index is 2.74. The lowest BCUT2D eigenvalue weighted by molar-refractivity contribution is -0.150. The highest BCUT2D eigenvalue weighted by molar-refractivity contribution is 5.84. The summed E-state index contributed by atoms with van der Waals surface area (Å²) in [5.74, 6) is -1.26. The van der Waals surface area contributed by atoms with Crippen molar-refractivity contribution in [3.63, 3.8) is 0 Å². The standard InChI is InChI=1S/C14H19NO3/c1-10(2)13(14(17)18)15(3)12(16)9-11-7-5-4-6-8-11/h4-8,10,13H,9H2,1-3H3,(H,17,18). The van der Waals surface area contributed by atoms with E-state index in [1.807, 2.05) is 30.3 Å². The number of likely N-dealkylation sites (N-methyl/N-ethyl adjacent to an activating group) is 1. The van der Waals surface area contributed by atoms with E-state index in [1.165, 1.54) is 4.90 Å². The van der Waals surface area contributed by atoms with Crippen LogP contribution in [0, 0.1) is 5.92 Å². The summed E-state index contributed by atoms with van der Waals surface area (Å²) < 4.78 is 0. The first kappa shape index (κ1) is 14.2. The Kier molecular flexibility index (Phi) is 4.89. The van der Waals surface area contributed by atoms with Gasteiger partial charge in [0.15, 0.2) is 0 Å². The molecule has 98 valence electrons. The monoisotopic (exact) mass is 249 g/mol. The van der Waals surface area contributed by atoms with Crippen molar-refractivity contribution in [1.29, 1.82) is 0 Å². The summed E-state index contributed by atoms with van der Waals surface area (Å²) in [5, 5.41) is 9.14. The Bertz CT molecular complexity index is 414. The van der Waals surface area contributed by atoms with Crippen LogP contribution in [0.15, 0.2) is 30.3 Å². The quantitative estimate of drug-likeness (QED) is 0.865. The molecule has 18 heavy (non-hydrogen) atoms. The number of carbonyl (C=O) groups excluding carboxylic acids is 1. The Morgan fingerprint density at radius 2 is 1.78 bits per heavy atom. The van der Waals surface area contributed by atoms with Gasteiger partial charge < -0.3 is 10.0 Å². The third-order valence-corrected chi connectivity index (χ3v) is 2.89. The molecule has 0 radical (unpaired) electrons. The number of rotatable bonds is 5. The van der Waals surface area contributed by atoms with Gasteiger partial charge in [-0.1, -0.05) is 44.2 Å². The summed E-state index contributed by atoms with van der Waals surface area (Å²) in [5.41, 5.74) is 0.891. The minimum atomic E-state index is -0.964. The number of carboxylic acid groups (broad SMARTS) is 1. The number of hydrogen-bond donors (Lipinski definition) is 1. The number of carbonyl (C=O) groups is 2. The van der Waals surface area contributed by atoms with Crippen LogP contribution < -0.4 is 0 Å². The topological polar surface area (TPSA) is 57.6 Å². The van der Waals surface area contributed by atoms with E-state index in [0.29, 0.717) is 0 Å². The van der Waals surface area contributed by atoms with E-state index in [9.17, 15) is 9.59 Å². The predicted molar refractivity (Wildman–Crippen MR) is 69.2 cm³/mol. The van der Waals surface area contributed by atoms with Gasteiger partial charge >= 0.3 is 5.97 Å². The molecular formula is C14H19NO3. The van der Waals surface area contributed by atoms with Gasteiger partial charge in [-0.25, -0.2) is 4.79 Å². The van der Waals surface area contributed by atoms with Gasteiger partial charge in [-0.3, -0.25) is 4.79 Å². The molecule has 0 heterocycles. The molecule has 1 unspecified atom stereocenters. The molecule has 1 rings (SSSR count). The maximum Gasteiger partial charge on any atom is 0.326 e. The number of benzene rings is 1. The van der Waals surface area contributed by atoms with Crippen LogP contribution in [0.5, 0.6) is 0 Å². The van der Waals surface area contributed by atoms with E-state index >= 15 is 0 Å². The van der Waals surface area contributed by atoms with Crippen molar-refractivity contribution < 1.29 is 14.7 Å². The van der Waals surface area contributed by atoms with E-state index in [4.69, 9.17) is 5.11 Å². The summed E-state index contributed by atoms with van der Waals surface area (Å²) in [6.45, 7) is 3.59. The van der Waals surface area contributed by atoms with Crippen LogP contribution in [-0.4, -0.2) is 35.0 Å². The van der Waals surface area contributed by atoms with E-state index < -0.39 is 12.0 Å². The molecular weight excluding hydrogens is 230 g/mol. The van der Waals surface area contributed by atoms with Crippen LogP contribution in [0.25, 0.3) is 0 Å². The first-order valence-electron chi connectivity index (χ1n) is 5.96. The van der Waals surface area contributed by atoms with E-state index in [0.717, 1.165) is 5.56 Å². The van der Waals surface area contributed by atoms with Crippen molar-refractivity contribution in [1.82, 2.24) is 4.90 Å². The van der Waals surface area contributed by atoms with Crippen molar-refractivity contribution in [2.24, 2.45) is 5.92 Å². The fraction of sp³-hybridized carbons (Fsp3) is 0.429. The Morgan fingerprint density at radius 1 is 1.22 bits per heavy atom. The van der Waals surface area contributed by atoms with Crippen molar-refractivity contribution in [2.75, 3.05) is 7.05 Å². The van der Waals surface area contributed by atoms with Crippen LogP contribution in [0.4, 0.5) is 0 Å². The molecule has 0 fully saturated rings. The third-order valence-electron chi connectivity index (χ3n) is 2.89. The number of amides is 1. The summed E-state index contributed by atoms with van der Waals surface area (Å²) in [7, 11) is 1.55. The Labute approximate surface area is 107 Å². The van der Waals surface area contributed by atoms with E-state index in [1.54, 1.807) is 20.9 Å². The van der Waals surface area contributed by atoms with Gasteiger partial charge in [-0.2, -0.15) is 0 Å². The number of nitrogens with zero attached hydrogens (tertiary/aromatic N) is 1. The molecule has 0 aliphatic heterocycles. The normalized spacial score (nSPS) is 12.2. The van der Waals surface area contributed by atoms with Gasteiger partial charge in [0.05, 0.1) is 6.42 Å². The highest BCUT2D eigenvalue weighted by Crippen LogP contribution is 2.11. The second-order valence-corrected chi connectivity index (χ2v) is 4.69. The number of carboxylic acids is 1. The SMILES string of the molecule is CC(C)C(C(=O)O)N(C)C(=O)Cc1ccccc1. The molecule has 0 aliphatic carbocycles. The lowest BCUT2D eigenvalue weighted by Gasteiger charge is -2.27. The van der Waals surface area contributed by atoms with Gasteiger partial charge in [-0.15, -0.1) is 0 Å². The first-order valence-corrected chi connectivity index (χ1v) is 5.96.